The minimum Gasteiger partial charge on any atom is -0.507 e. The van der Waals surface area contributed by atoms with Crippen LogP contribution in [0.3, 0.4) is 0 Å². The number of methoxy groups -OCH3 is 1. The molecule has 0 spiro atoms. The van der Waals surface area contributed by atoms with Crippen molar-refractivity contribution in [3.05, 3.63) is 63.7 Å². The molecule has 4 N–H and O–H groups in total. The summed E-state index contributed by atoms with van der Waals surface area (Å²) in [6.07, 6.45) is 2.90. The van der Waals surface area contributed by atoms with E-state index in [1.165, 1.54) is 7.11 Å². The fraction of sp³-hybridized carbons (Fsp3) is 0.333. The average molecular weight is 469 g/mol. The highest BCUT2D eigenvalue weighted by Crippen LogP contribution is 2.42. The number of esters is 1. The number of ether oxygens (including phenoxy) is 2. The molecule has 0 unspecified atom stereocenters. The van der Waals surface area contributed by atoms with Crippen LogP contribution < -0.4 is 15.7 Å². The molecule has 2 aromatic carbocycles. The Balaban J connectivity index is 1.52. The van der Waals surface area contributed by atoms with Gasteiger partial charge in [0.1, 0.15) is 23.7 Å². The van der Waals surface area contributed by atoms with E-state index in [-0.39, 0.29) is 36.9 Å². The summed E-state index contributed by atoms with van der Waals surface area (Å²) < 4.78 is 10.5. The van der Waals surface area contributed by atoms with Gasteiger partial charge in [-0.25, -0.2) is 10.3 Å². The van der Waals surface area contributed by atoms with Crippen LogP contribution >= 0.6 is 0 Å². The Labute approximate surface area is 198 Å². The highest BCUT2D eigenvalue weighted by atomic mass is 16.6. The molecule has 10 heteroatoms. The lowest BCUT2D eigenvalue weighted by atomic mass is 9.80. The molecule has 0 radical (unpaired) electrons. The Morgan fingerprint density at radius 1 is 1.24 bits per heavy atom. The molecular weight excluding hydrogens is 441 g/mol. The van der Waals surface area contributed by atoms with E-state index in [4.69, 9.17) is 24.4 Å². The highest BCUT2D eigenvalue weighted by molar-refractivity contribution is 6.58. The number of carbonyl (C=O) groups is 2. The Morgan fingerprint density at radius 2 is 1.94 bits per heavy atom. The normalized spacial score (nSPS) is 12.9. The second kappa shape index (κ2) is 11.2. The van der Waals surface area contributed by atoms with Gasteiger partial charge in [0.05, 0.1) is 13.7 Å². The number of amides is 1. The van der Waals surface area contributed by atoms with E-state index in [9.17, 15) is 14.7 Å². The molecule has 0 saturated carbocycles. The number of carbonyl (C=O) groups excluding carboxylic acids is 2. The molecule has 0 aliphatic carbocycles. The summed E-state index contributed by atoms with van der Waals surface area (Å²) in [7, 11) is -0.0140. The van der Waals surface area contributed by atoms with E-state index in [0.29, 0.717) is 35.2 Å². The maximum atomic E-state index is 12.1. The summed E-state index contributed by atoms with van der Waals surface area (Å²) in [4.78, 5) is 29.3. The third kappa shape index (κ3) is 5.77. The van der Waals surface area contributed by atoms with E-state index in [0.717, 1.165) is 16.7 Å². The van der Waals surface area contributed by atoms with Crippen molar-refractivity contribution in [2.24, 2.45) is 0 Å². The van der Waals surface area contributed by atoms with Gasteiger partial charge in [-0.15, -0.1) is 0 Å². The van der Waals surface area contributed by atoms with Crippen LogP contribution in [0.4, 0.5) is 0 Å². The van der Waals surface area contributed by atoms with Crippen molar-refractivity contribution in [3.63, 3.8) is 0 Å². The molecule has 0 atom stereocenters. The lowest BCUT2D eigenvalue weighted by Gasteiger charge is -2.15. The third-order valence-corrected chi connectivity index (χ3v) is 5.75. The number of rotatable bonds is 10. The van der Waals surface area contributed by atoms with E-state index >= 15 is 0 Å². The van der Waals surface area contributed by atoms with Gasteiger partial charge in [-0.3, -0.25) is 9.63 Å². The number of fused-ring (bicyclic) bond motifs is 1. The molecule has 180 valence electrons. The third-order valence-electron chi connectivity index (χ3n) is 5.75. The van der Waals surface area contributed by atoms with Crippen LogP contribution in [0.25, 0.3) is 0 Å². The first kappa shape index (κ1) is 25.3. The van der Waals surface area contributed by atoms with Crippen LogP contribution in [-0.2, 0) is 34.0 Å². The van der Waals surface area contributed by atoms with Gasteiger partial charge in [-0.1, -0.05) is 35.9 Å². The molecule has 0 bridgehead atoms. The molecule has 34 heavy (non-hydrogen) atoms. The SMILES string of the molecule is COc1c(C)c2c(c(O)c1C/C=C(\C)CCC(=O)NOCc1ccc(B(O)O)cc1)C(=O)OC2. The number of phenols is 1. The minimum absolute atomic E-state index is 0.118. The first-order valence-electron chi connectivity index (χ1n) is 10.8. The van der Waals surface area contributed by atoms with Crippen molar-refractivity contribution in [2.75, 3.05) is 7.11 Å². The smallest absolute Gasteiger partial charge is 0.488 e. The molecule has 1 aliphatic rings. The predicted molar refractivity (Wildman–Crippen MR) is 124 cm³/mol. The van der Waals surface area contributed by atoms with Crippen LogP contribution in [0.1, 0.15) is 52.4 Å². The van der Waals surface area contributed by atoms with Gasteiger partial charge in [0, 0.05) is 17.5 Å². The summed E-state index contributed by atoms with van der Waals surface area (Å²) in [6.45, 7) is 3.96. The van der Waals surface area contributed by atoms with Crippen LogP contribution in [0, 0.1) is 6.92 Å². The van der Waals surface area contributed by atoms with E-state index < -0.39 is 13.1 Å². The number of hydrogen-bond donors (Lipinski definition) is 4. The van der Waals surface area contributed by atoms with Crippen LogP contribution in [0.5, 0.6) is 11.5 Å². The average Bonchev–Trinajstić information content (AvgIpc) is 3.21. The number of benzene rings is 2. The van der Waals surface area contributed by atoms with Gasteiger partial charge in [0.2, 0.25) is 5.91 Å². The summed E-state index contributed by atoms with van der Waals surface area (Å²) in [5.74, 6) is -0.437. The summed E-state index contributed by atoms with van der Waals surface area (Å²) in [5, 5.41) is 28.9. The second-order valence-electron chi connectivity index (χ2n) is 8.10. The maximum Gasteiger partial charge on any atom is 0.488 e. The van der Waals surface area contributed by atoms with Crippen LogP contribution in [-0.4, -0.2) is 41.3 Å². The van der Waals surface area contributed by atoms with Gasteiger partial charge < -0.3 is 24.6 Å². The monoisotopic (exact) mass is 469 g/mol. The Kier molecular flexibility index (Phi) is 8.33. The summed E-state index contributed by atoms with van der Waals surface area (Å²) >= 11 is 0. The maximum absolute atomic E-state index is 12.1. The van der Waals surface area contributed by atoms with Crippen molar-refractivity contribution in [1.82, 2.24) is 5.48 Å². The highest BCUT2D eigenvalue weighted by Gasteiger charge is 2.31. The summed E-state index contributed by atoms with van der Waals surface area (Å²) in [6, 6.07) is 6.49. The number of phenolic OH excluding ortho intramolecular Hbond substituents is 1. The molecule has 0 saturated heterocycles. The van der Waals surface area contributed by atoms with Crippen molar-refractivity contribution < 1.29 is 39.1 Å². The van der Waals surface area contributed by atoms with Crippen molar-refractivity contribution in [3.8, 4) is 11.5 Å². The van der Waals surface area contributed by atoms with Crippen LogP contribution in [0.15, 0.2) is 35.9 Å². The quantitative estimate of drug-likeness (QED) is 0.178. The van der Waals surface area contributed by atoms with Crippen molar-refractivity contribution >= 4 is 24.5 Å². The first-order valence-corrected chi connectivity index (χ1v) is 10.8. The van der Waals surface area contributed by atoms with Crippen molar-refractivity contribution in [2.45, 2.75) is 46.3 Å². The Hall–Kier alpha value is -3.34. The number of allylic oxidation sites excluding steroid dienone is 2. The largest absolute Gasteiger partial charge is 0.507 e. The van der Waals surface area contributed by atoms with Gasteiger partial charge in [-0.2, -0.15) is 0 Å². The molecule has 1 amide bonds. The zero-order valence-corrected chi connectivity index (χ0v) is 19.4. The van der Waals surface area contributed by atoms with Crippen molar-refractivity contribution in [1.29, 1.82) is 0 Å². The molecule has 9 nitrogen and oxygen atoms in total. The molecule has 0 fully saturated rings. The van der Waals surface area contributed by atoms with Crippen LogP contribution in [0.2, 0.25) is 0 Å². The number of hydrogen-bond acceptors (Lipinski definition) is 8. The fourth-order valence-electron chi connectivity index (χ4n) is 3.75. The Bertz CT molecular complexity index is 1100. The molecule has 1 heterocycles. The predicted octanol–water partition coefficient (Wildman–Crippen LogP) is 1.58. The molecule has 2 aromatic rings. The number of cyclic esters (lactones) is 1. The molecule has 0 aromatic heterocycles. The summed E-state index contributed by atoms with van der Waals surface area (Å²) in [5.41, 5.74) is 6.56. The zero-order chi connectivity index (χ0) is 24.8. The first-order chi connectivity index (χ1) is 16.2. The molecule has 3 rings (SSSR count). The topological polar surface area (TPSA) is 135 Å². The van der Waals surface area contributed by atoms with Gasteiger partial charge in [-0.05, 0) is 43.3 Å². The van der Waals surface area contributed by atoms with Gasteiger partial charge in [0.15, 0.2) is 0 Å². The lowest BCUT2D eigenvalue weighted by Crippen LogP contribution is -2.29. The Morgan fingerprint density at radius 3 is 2.59 bits per heavy atom. The zero-order valence-electron chi connectivity index (χ0n) is 19.4. The van der Waals surface area contributed by atoms with Gasteiger partial charge >= 0.3 is 13.1 Å². The second-order valence-corrected chi connectivity index (χ2v) is 8.10. The molecule has 1 aliphatic heterocycles. The number of nitrogens with one attached hydrogen (secondary N) is 1. The molecular formula is C24H28BNO8. The van der Waals surface area contributed by atoms with E-state index in [1.54, 1.807) is 24.3 Å². The fourth-order valence-corrected chi connectivity index (χ4v) is 3.75. The standard InChI is InChI=1S/C24H28BNO8/c1-14(5-11-20(27)26-34-12-16-6-8-17(9-7-16)25(30)31)4-10-18-22(28)21-19(13-33-24(21)29)15(2)23(18)32-3/h4,6-9,28,30-31H,5,10-13H2,1-3H3,(H,26,27)/b14-4+. The number of hydroxylamine groups is 1. The minimum atomic E-state index is -1.53. The number of aromatic hydroxyl groups is 1. The lowest BCUT2D eigenvalue weighted by molar-refractivity contribution is -0.134. The van der Waals surface area contributed by atoms with E-state index in [2.05, 4.69) is 5.48 Å². The van der Waals surface area contributed by atoms with E-state index in [1.807, 2.05) is 19.9 Å². The van der Waals surface area contributed by atoms with Gasteiger partial charge in [0.25, 0.3) is 0 Å².